The Labute approximate surface area is 148 Å². The van der Waals surface area contributed by atoms with Crippen LogP contribution in [0.25, 0.3) is 17.4 Å². The van der Waals surface area contributed by atoms with Crippen molar-refractivity contribution in [2.45, 2.75) is 6.61 Å². The lowest BCUT2D eigenvalue weighted by Crippen LogP contribution is -1.99. The molecule has 0 amide bonds. The van der Waals surface area contributed by atoms with E-state index in [2.05, 4.69) is 0 Å². The van der Waals surface area contributed by atoms with Crippen LogP contribution in [0.1, 0.15) is 11.5 Å². The highest BCUT2D eigenvalue weighted by atomic mass is 35.5. The summed E-state index contributed by atoms with van der Waals surface area (Å²) in [5, 5.41) is 1.04. The van der Waals surface area contributed by atoms with Gasteiger partial charge in [-0.2, -0.15) is 0 Å². The molecule has 3 aromatic rings. The quantitative estimate of drug-likeness (QED) is 0.437. The van der Waals surface area contributed by atoms with E-state index >= 15 is 0 Å². The van der Waals surface area contributed by atoms with Crippen LogP contribution in [0.15, 0.2) is 63.6 Å². The highest BCUT2D eigenvalue weighted by Crippen LogP contribution is 2.31. The minimum absolute atomic E-state index is 0.0204. The summed E-state index contributed by atoms with van der Waals surface area (Å²) in [6, 6.07) is 12.1. The Balaban J connectivity index is 1.61. The SMILES string of the molecule is O=C(C=Cc1ccco1)OCc1ccc(-c2ccc(Cl)cc2Cl)o1. The van der Waals surface area contributed by atoms with E-state index in [0.717, 1.165) is 5.56 Å². The summed E-state index contributed by atoms with van der Waals surface area (Å²) in [6.45, 7) is 0.0204. The number of carbonyl (C=O) groups excluding carboxylic acids is 1. The summed E-state index contributed by atoms with van der Waals surface area (Å²) in [5.74, 6) is 1.17. The van der Waals surface area contributed by atoms with Gasteiger partial charge < -0.3 is 13.6 Å². The van der Waals surface area contributed by atoms with E-state index in [1.54, 1.807) is 42.5 Å². The molecular weight excluding hydrogens is 351 g/mol. The summed E-state index contributed by atoms with van der Waals surface area (Å²) in [6.07, 6.45) is 4.35. The molecule has 0 aliphatic rings. The number of hydrogen-bond acceptors (Lipinski definition) is 4. The largest absolute Gasteiger partial charge is 0.465 e. The number of hydrogen-bond donors (Lipinski definition) is 0. The van der Waals surface area contributed by atoms with Crippen molar-refractivity contribution in [3.63, 3.8) is 0 Å². The smallest absolute Gasteiger partial charge is 0.331 e. The molecule has 122 valence electrons. The lowest BCUT2D eigenvalue weighted by atomic mass is 10.2. The van der Waals surface area contributed by atoms with E-state index in [9.17, 15) is 4.79 Å². The highest BCUT2D eigenvalue weighted by molar-refractivity contribution is 6.36. The molecular formula is C18H12Cl2O4. The van der Waals surface area contributed by atoms with Crippen LogP contribution in [0.3, 0.4) is 0 Å². The van der Waals surface area contributed by atoms with Gasteiger partial charge in [-0.15, -0.1) is 0 Å². The molecule has 0 saturated heterocycles. The predicted molar refractivity (Wildman–Crippen MR) is 91.7 cm³/mol. The van der Waals surface area contributed by atoms with E-state index in [-0.39, 0.29) is 6.61 Å². The van der Waals surface area contributed by atoms with Gasteiger partial charge in [-0.25, -0.2) is 4.79 Å². The van der Waals surface area contributed by atoms with Gasteiger partial charge in [0, 0.05) is 16.7 Å². The molecule has 0 bridgehead atoms. The second kappa shape index (κ2) is 7.43. The van der Waals surface area contributed by atoms with Crippen molar-refractivity contribution in [3.8, 4) is 11.3 Å². The lowest BCUT2D eigenvalue weighted by molar-refractivity contribution is -0.139. The van der Waals surface area contributed by atoms with Crippen LogP contribution in [0.5, 0.6) is 0 Å². The summed E-state index contributed by atoms with van der Waals surface area (Å²) in [7, 11) is 0. The van der Waals surface area contributed by atoms with Gasteiger partial charge in [0.25, 0.3) is 0 Å². The summed E-state index contributed by atoms with van der Waals surface area (Å²) in [5.41, 5.74) is 0.719. The number of carbonyl (C=O) groups is 1. The van der Waals surface area contributed by atoms with Gasteiger partial charge in [0.1, 0.15) is 23.9 Å². The van der Waals surface area contributed by atoms with E-state index in [1.165, 1.54) is 18.4 Å². The molecule has 2 heterocycles. The fourth-order valence-corrected chi connectivity index (χ4v) is 2.52. The van der Waals surface area contributed by atoms with Crippen molar-refractivity contribution in [2.75, 3.05) is 0 Å². The Morgan fingerprint density at radius 2 is 2.04 bits per heavy atom. The number of ether oxygens (including phenoxy) is 1. The Morgan fingerprint density at radius 1 is 1.17 bits per heavy atom. The lowest BCUT2D eigenvalue weighted by Gasteiger charge is -2.02. The van der Waals surface area contributed by atoms with Gasteiger partial charge in [-0.05, 0) is 48.5 Å². The average Bonchev–Trinajstić information content (AvgIpc) is 3.22. The molecule has 3 rings (SSSR count). The Morgan fingerprint density at radius 3 is 2.79 bits per heavy atom. The maximum Gasteiger partial charge on any atom is 0.331 e. The van der Waals surface area contributed by atoms with Gasteiger partial charge in [0.05, 0.1) is 11.3 Å². The maximum atomic E-state index is 11.7. The summed E-state index contributed by atoms with van der Waals surface area (Å²) >= 11 is 12.0. The van der Waals surface area contributed by atoms with Crippen LogP contribution in [0, 0.1) is 0 Å². The third kappa shape index (κ3) is 4.10. The van der Waals surface area contributed by atoms with Crippen molar-refractivity contribution in [2.24, 2.45) is 0 Å². The predicted octanol–water partition coefficient (Wildman–Crippen LogP) is 5.60. The fraction of sp³-hybridized carbons (Fsp3) is 0.0556. The van der Waals surface area contributed by atoms with Crippen molar-refractivity contribution in [3.05, 3.63) is 76.4 Å². The van der Waals surface area contributed by atoms with Crippen molar-refractivity contribution in [1.82, 2.24) is 0 Å². The molecule has 0 unspecified atom stereocenters. The summed E-state index contributed by atoms with van der Waals surface area (Å²) in [4.78, 5) is 11.7. The zero-order valence-corrected chi connectivity index (χ0v) is 13.9. The second-order valence-corrected chi connectivity index (χ2v) is 5.69. The summed E-state index contributed by atoms with van der Waals surface area (Å²) < 4.78 is 15.8. The Kier molecular flexibility index (Phi) is 5.08. The standard InChI is InChI=1S/C18H12Cl2O4/c19-12-3-6-15(16(20)10-12)17-7-4-14(24-17)11-23-18(21)8-5-13-2-1-9-22-13/h1-10H,11H2. The zero-order valence-electron chi connectivity index (χ0n) is 12.4. The topological polar surface area (TPSA) is 52.6 Å². The van der Waals surface area contributed by atoms with E-state index in [0.29, 0.717) is 27.3 Å². The van der Waals surface area contributed by atoms with Gasteiger partial charge in [0.15, 0.2) is 0 Å². The van der Waals surface area contributed by atoms with Gasteiger partial charge in [-0.1, -0.05) is 23.2 Å². The molecule has 1 aromatic carbocycles. The zero-order chi connectivity index (χ0) is 16.9. The molecule has 24 heavy (non-hydrogen) atoms. The molecule has 0 aliphatic carbocycles. The van der Waals surface area contributed by atoms with Crippen LogP contribution >= 0.6 is 23.2 Å². The first kappa shape index (κ1) is 16.4. The average molecular weight is 363 g/mol. The van der Waals surface area contributed by atoms with Crippen molar-refractivity contribution in [1.29, 1.82) is 0 Å². The van der Waals surface area contributed by atoms with E-state index < -0.39 is 5.97 Å². The first-order valence-electron chi connectivity index (χ1n) is 7.04. The van der Waals surface area contributed by atoms with E-state index in [1.807, 2.05) is 0 Å². The van der Waals surface area contributed by atoms with Crippen molar-refractivity contribution < 1.29 is 18.4 Å². The third-order valence-corrected chi connectivity index (χ3v) is 3.69. The molecule has 2 aromatic heterocycles. The van der Waals surface area contributed by atoms with Crippen LogP contribution in [0.4, 0.5) is 0 Å². The third-order valence-electron chi connectivity index (χ3n) is 3.14. The van der Waals surface area contributed by atoms with Crippen LogP contribution in [0.2, 0.25) is 10.0 Å². The van der Waals surface area contributed by atoms with Crippen LogP contribution < -0.4 is 0 Å². The monoisotopic (exact) mass is 362 g/mol. The Bertz CT molecular complexity index is 863. The molecule has 0 atom stereocenters. The molecule has 0 fully saturated rings. The van der Waals surface area contributed by atoms with Crippen molar-refractivity contribution >= 4 is 35.2 Å². The molecule has 0 saturated carbocycles. The van der Waals surface area contributed by atoms with Gasteiger partial charge in [-0.3, -0.25) is 0 Å². The molecule has 0 radical (unpaired) electrons. The van der Waals surface area contributed by atoms with Crippen LogP contribution in [-0.2, 0) is 16.1 Å². The number of benzene rings is 1. The Hall–Kier alpha value is -2.43. The molecule has 4 nitrogen and oxygen atoms in total. The normalized spacial score (nSPS) is 11.1. The van der Waals surface area contributed by atoms with Gasteiger partial charge >= 0.3 is 5.97 Å². The molecule has 0 spiro atoms. The second-order valence-electron chi connectivity index (χ2n) is 4.85. The molecule has 6 heteroatoms. The fourth-order valence-electron chi connectivity index (χ4n) is 2.02. The number of rotatable bonds is 5. The number of furan rings is 2. The van der Waals surface area contributed by atoms with Gasteiger partial charge in [0.2, 0.25) is 0 Å². The number of esters is 1. The molecule has 0 N–H and O–H groups in total. The van der Waals surface area contributed by atoms with E-state index in [4.69, 9.17) is 36.8 Å². The van der Waals surface area contributed by atoms with Crippen LogP contribution in [-0.4, -0.2) is 5.97 Å². The minimum Gasteiger partial charge on any atom is -0.465 e. The number of halogens is 2. The first-order valence-corrected chi connectivity index (χ1v) is 7.80. The maximum absolute atomic E-state index is 11.7. The first-order chi connectivity index (χ1) is 11.6. The minimum atomic E-state index is -0.492. The molecule has 0 aliphatic heterocycles. The highest BCUT2D eigenvalue weighted by Gasteiger charge is 2.10.